The zero-order valence-electron chi connectivity index (χ0n) is 15.6. The van der Waals surface area contributed by atoms with E-state index in [1.54, 1.807) is 6.92 Å². The molecule has 28 heavy (non-hydrogen) atoms. The number of aromatic nitrogens is 2. The lowest BCUT2D eigenvalue weighted by atomic mass is 10.1. The molecule has 1 fully saturated rings. The van der Waals surface area contributed by atoms with Crippen molar-refractivity contribution in [3.05, 3.63) is 41.5 Å². The van der Waals surface area contributed by atoms with Crippen LogP contribution in [0.4, 0.5) is 0 Å². The van der Waals surface area contributed by atoms with Crippen LogP contribution in [-0.2, 0) is 26.2 Å². The van der Waals surface area contributed by atoms with Crippen molar-refractivity contribution in [2.24, 2.45) is 0 Å². The minimum Gasteiger partial charge on any atom is -0.454 e. The number of hydrogen-bond donors (Lipinski definition) is 0. The predicted octanol–water partition coefficient (Wildman–Crippen LogP) is 1.87. The number of carbonyl (C=O) groups is 2. The molecule has 0 spiro atoms. The van der Waals surface area contributed by atoms with Gasteiger partial charge in [0, 0.05) is 12.1 Å². The van der Waals surface area contributed by atoms with Gasteiger partial charge in [0.2, 0.25) is 10.0 Å². The second-order valence-electron chi connectivity index (χ2n) is 6.55. The fourth-order valence-electron chi connectivity index (χ4n) is 3.05. The molecule has 0 amide bonds. The third-order valence-electron chi connectivity index (χ3n) is 4.50. The number of nitrogens with zero attached hydrogens (tertiary/aromatic N) is 3. The van der Waals surface area contributed by atoms with Gasteiger partial charge in [0.05, 0.1) is 4.90 Å². The van der Waals surface area contributed by atoms with Gasteiger partial charge >= 0.3 is 5.97 Å². The third-order valence-corrected chi connectivity index (χ3v) is 6.42. The van der Waals surface area contributed by atoms with Gasteiger partial charge in [-0.05, 0) is 45.2 Å². The number of sulfonamides is 1. The Labute approximate surface area is 162 Å². The first-order valence-corrected chi connectivity index (χ1v) is 10.3. The van der Waals surface area contributed by atoms with E-state index >= 15 is 0 Å². The normalized spacial score (nSPS) is 18.0. The fourth-order valence-corrected chi connectivity index (χ4v) is 4.70. The SMILES string of the molecule is CC(=O)c1ccc(S(=O)(=O)N2CCCCC2C(=O)OCc2nc(C)no2)cc1. The van der Waals surface area contributed by atoms with Gasteiger partial charge in [-0.1, -0.05) is 17.3 Å². The van der Waals surface area contributed by atoms with Crippen LogP contribution in [0.2, 0.25) is 0 Å². The number of Topliss-reactive ketones (excluding diaryl/α,β-unsaturated/α-hetero) is 1. The van der Waals surface area contributed by atoms with E-state index in [1.807, 2.05) is 0 Å². The molecule has 1 unspecified atom stereocenters. The molecule has 2 heterocycles. The van der Waals surface area contributed by atoms with E-state index in [1.165, 1.54) is 35.5 Å². The van der Waals surface area contributed by atoms with Crippen LogP contribution in [0.25, 0.3) is 0 Å². The van der Waals surface area contributed by atoms with Crippen molar-refractivity contribution in [2.75, 3.05) is 6.54 Å². The number of carbonyl (C=O) groups excluding carboxylic acids is 2. The third kappa shape index (κ3) is 4.28. The molecule has 1 aromatic heterocycles. The number of benzene rings is 1. The number of ether oxygens (including phenoxy) is 1. The van der Waals surface area contributed by atoms with Crippen molar-refractivity contribution in [1.82, 2.24) is 14.4 Å². The smallest absolute Gasteiger partial charge is 0.324 e. The van der Waals surface area contributed by atoms with Gasteiger partial charge in [0.15, 0.2) is 18.2 Å². The predicted molar refractivity (Wildman–Crippen MR) is 96.8 cm³/mol. The van der Waals surface area contributed by atoms with Crippen molar-refractivity contribution < 1.29 is 27.3 Å². The minimum atomic E-state index is -3.91. The molecule has 0 N–H and O–H groups in total. The van der Waals surface area contributed by atoms with Crippen LogP contribution in [0.5, 0.6) is 0 Å². The van der Waals surface area contributed by atoms with Crippen molar-refractivity contribution in [1.29, 1.82) is 0 Å². The highest BCUT2D eigenvalue weighted by Crippen LogP contribution is 2.26. The Bertz CT molecular complexity index is 967. The molecule has 1 aliphatic rings. The van der Waals surface area contributed by atoms with Gasteiger partial charge < -0.3 is 9.26 Å². The summed E-state index contributed by atoms with van der Waals surface area (Å²) in [5, 5.41) is 3.61. The molecule has 1 atom stereocenters. The Kier molecular flexibility index (Phi) is 5.90. The Morgan fingerprint density at radius 1 is 1.25 bits per heavy atom. The van der Waals surface area contributed by atoms with Crippen molar-refractivity contribution in [2.45, 2.75) is 50.7 Å². The number of esters is 1. The lowest BCUT2D eigenvalue weighted by Gasteiger charge is -2.32. The fraction of sp³-hybridized carbons (Fsp3) is 0.444. The van der Waals surface area contributed by atoms with E-state index in [9.17, 15) is 18.0 Å². The van der Waals surface area contributed by atoms with Crippen molar-refractivity contribution in [3.8, 4) is 0 Å². The van der Waals surface area contributed by atoms with Crippen LogP contribution in [0, 0.1) is 6.92 Å². The van der Waals surface area contributed by atoms with E-state index in [0.717, 1.165) is 0 Å². The van der Waals surface area contributed by atoms with Gasteiger partial charge in [0.25, 0.3) is 5.89 Å². The topological polar surface area (TPSA) is 120 Å². The summed E-state index contributed by atoms with van der Waals surface area (Å²) in [7, 11) is -3.91. The van der Waals surface area contributed by atoms with E-state index < -0.39 is 22.0 Å². The molecular weight excluding hydrogens is 386 g/mol. The first kappa shape index (κ1) is 20.2. The monoisotopic (exact) mass is 407 g/mol. The Morgan fingerprint density at radius 2 is 1.96 bits per heavy atom. The maximum absolute atomic E-state index is 13.1. The largest absolute Gasteiger partial charge is 0.454 e. The van der Waals surface area contributed by atoms with E-state index in [0.29, 0.717) is 30.7 Å². The second-order valence-corrected chi connectivity index (χ2v) is 8.44. The maximum atomic E-state index is 13.1. The summed E-state index contributed by atoms with van der Waals surface area (Å²) >= 11 is 0. The van der Waals surface area contributed by atoms with Crippen LogP contribution in [0.3, 0.4) is 0 Å². The molecule has 3 rings (SSSR count). The zero-order chi connectivity index (χ0) is 20.3. The highest BCUT2D eigenvalue weighted by Gasteiger charge is 2.38. The first-order valence-electron chi connectivity index (χ1n) is 8.87. The Morgan fingerprint density at radius 3 is 2.57 bits per heavy atom. The Balaban J connectivity index is 1.77. The first-order chi connectivity index (χ1) is 13.3. The maximum Gasteiger partial charge on any atom is 0.324 e. The van der Waals surface area contributed by atoms with Crippen molar-refractivity contribution in [3.63, 3.8) is 0 Å². The highest BCUT2D eigenvalue weighted by molar-refractivity contribution is 7.89. The summed E-state index contributed by atoms with van der Waals surface area (Å²) in [4.78, 5) is 27.9. The highest BCUT2D eigenvalue weighted by atomic mass is 32.2. The molecule has 9 nitrogen and oxygen atoms in total. The van der Waals surface area contributed by atoms with Crippen LogP contribution in [-0.4, -0.2) is 47.2 Å². The van der Waals surface area contributed by atoms with Gasteiger partial charge in [-0.3, -0.25) is 9.59 Å². The summed E-state index contributed by atoms with van der Waals surface area (Å²) < 4.78 is 37.4. The Hall–Kier alpha value is -2.59. The molecule has 1 aliphatic heterocycles. The molecule has 2 aromatic rings. The quantitative estimate of drug-likeness (QED) is 0.526. The molecule has 0 radical (unpaired) electrons. The van der Waals surface area contributed by atoms with Crippen molar-refractivity contribution >= 4 is 21.8 Å². The van der Waals surface area contributed by atoms with E-state index in [4.69, 9.17) is 9.26 Å². The minimum absolute atomic E-state index is 0.0322. The second kappa shape index (κ2) is 8.19. The van der Waals surface area contributed by atoms with Crippen LogP contribution in [0.1, 0.15) is 48.3 Å². The molecule has 150 valence electrons. The standard InChI is InChI=1S/C18H21N3O6S/c1-12(22)14-6-8-15(9-7-14)28(24,25)21-10-4-3-5-16(21)18(23)26-11-17-19-13(2)20-27-17/h6-9,16H,3-5,10-11H2,1-2H3. The van der Waals surface area contributed by atoms with E-state index in [-0.39, 0.29) is 29.7 Å². The number of hydrogen-bond acceptors (Lipinski definition) is 8. The van der Waals surface area contributed by atoms with Crippen LogP contribution >= 0.6 is 0 Å². The number of aryl methyl sites for hydroxylation is 1. The summed E-state index contributed by atoms with van der Waals surface area (Å²) in [6, 6.07) is 4.76. The zero-order valence-corrected chi connectivity index (χ0v) is 16.4. The van der Waals surface area contributed by atoms with Gasteiger partial charge in [-0.15, -0.1) is 0 Å². The number of piperidine rings is 1. The van der Waals surface area contributed by atoms with Crippen LogP contribution in [0.15, 0.2) is 33.7 Å². The van der Waals surface area contributed by atoms with Crippen LogP contribution < -0.4 is 0 Å². The lowest BCUT2D eigenvalue weighted by Crippen LogP contribution is -2.48. The molecular formula is C18H21N3O6S. The summed E-state index contributed by atoms with van der Waals surface area (Å²) in [6.07, 6.45) is 1.73. The molecule has 0 aliphatic carbocycles. The van der Waals surface area contributed by atoms with E-state index in [2.05, 4.69) is 10.1 Å². The summed E-state index contributed by atoms with van der Waals surface area (Å²) in [5.74, 6) is -0.239. The van der Waals surface area contributed by atoms with Gasteiger partial charge in [-0.25, -0.2) is 8.42 Å². The molecule has 1 aromatic carbocycles. The molecule has 1 saturated heterocycles. The van der Waals surface area contributed by atoms with Gasteiger partial charge in [-0.2, -0.15) is 9.29 Å². The molecule has 10 heteroatoms. The average Bonchev–Trinajstić information content (AvgIpc) is 3.11. The molecule has 0 saturated carbocycles. The number of ketones is 1. The molecule has 0 bridgehead atoms. The van der Waals surface area contributed by atoms with Gasteiger partial charge in [0.1, 0.15) is 6.04 Å². The number of rotatable bonds is 6. The lowest BCUT2D eigenvalue weighted by molar-refractivity contribution is -0.151. The average molecular weight is 407 g/mol. The summed E-state index contributed by atoms with van der Waals surface area (Å²) in [6.45, 7) is 3.06. The summed E-state index contributed by atoms with van der Waals surface area (Å²) in [5.41, 5.74) is 0.420.